The molecule has 10 nitrogen and oxygen atoms in total. The number of aromatic amines is 1. The van der Waals surface area contributed by atoms with Crippen LogP contribution in [0.15, 0.2) is 48.7 Å². The van der Waals surface area contributed by atoms with Crippen molar-refractivity contribution < 1.29 is 19.2 Å². The maximum absolute atomic E-state index is 13.4. The predicted molar refractivity (Wildman–Crippen MR) is 141 cm³/mol. The molecule has 200 valence electrons. The molecular weight excluding hydrogens is 472 g/mol. The number of carbonyl (C=O) groups excluding carboxylic acids is 4. The predicted octanol–water partition coefficient (Wildman–Crippen LogP) is 1.92. The van der Waals surface area contributed by atoms with E-state index in [0.717, 1.165) is 11.3 Å². The number of rotatable bonds is 14. The quantitative estimate of drug-likeness (QED) is 0.245. The lowest BCUT2D eigenvalue weighted by Crippen LogP contribution is -2.55. The highest BCUT2D eigenvalue weighted by Gasteiger charge is 2.29. The first-order valence-corrected chi connectivity index (χ1v) is 12.5. The van der Waals surface area contributed by atoms with Gasteiger partial charge in [0, 0.05) is 30.8 Å². The molecule has 4 amide bonds. The summed E-state index contributed by atoms with van der Waals surface area (Å²) in [5.41, 5.74) is 6.86. The lowest BCUT2D eigenvalue weighted by Gasteiger charge is -2.25. The Morgan fingerprint density at radius 2 is 1.70 bits per heavy atom. The van der Waals surface area contributed by atoms with Crippen molar-refractivity contribution in [2.45, 2.75) is 71.5 Å². The van der Waals surface area contributed by atoms with Crippen LogP contribution < -0.4 is 21.7 Å². The third-order valence-electron chi connectivity index (χ3n) is 5.62. The summed E-state index contributed by atoms with van der Waals surface area (Å²) in [6, 6.07) is 7.12. The maximum Gasteiger partial charge on any atom is 0.287 e. The third-order valence-corrected chi connectivity index (χ3v) is 5.62. The second kappa shape index (κ2) is 14.6. The number of H-pyrrole nitrogens is 1. The Hall–Kier alpha value is -3.95. The zero-order valence-electron chi connectivity index (χ0n) is 21.9. The Labute approximate surface area is 217 Å². The van der Waals surface area contributed by atoms with Crippen LogP contribution in [-0.4, -0.2) is 51.7 Å². The first-order valence-electron chi connectivity index (χ1n) is 12.5. The normalized spacial score (nSPS) is 13.6. The van der Waals surface area contributed by atoms with Crippen molar-refractivity contribution in [2.24, 2.45) is 11.7 Å². The van der Waals surface area contributed by atoms with Crippen LogP contribution in [0.5, 0.6) is 0 Å². The fraction of sp³-hybridized carbons (Fsp3) is 0.444. The Kier molecular flexibility index (Phi) is 11.5. The number of nitrogens with zero attached hydrogens (tertiary/aromatic N) is 1. The van der Waals surface area contributed by atoms with Crippen molar-refractivity contribution in [1.29, 1.82) is 0 Å². The molecule has 3 atom stereocenters. The van der Waals surface area contributed by atoms with Gasteiger partial charge in [-0.15, -0.1) is 0 Å². The minimum atomic E-state index is -0.909. The van der Waals surface area contributed by atoms with Gasteiger partial charge in [-0.25, -0.2) is 4.98 Å². The highest BCUT2D eigenvalue weighted by Crippen LogP contribution is 2.10. The summed E-state index contributed by atoms with van der Waals surface area (Å²) < 4.78 is 0. The molecule has 1 aromatic heterocycles. The number of nitrogens with one attached hydrogen (secondary N) is 4. The van der Waals surface area contributed by atoms with Crippen molar-refractivity contribution in [1.82, 2.24) is 25.9 Å². The first kappa shape index (κ1) is 29.3. The Balaban J connectivity index is 2.22. The molecule has 0 bridgehead atoms. The summed E-state index contributed by atoms with van der Waals surface area (Å²) in [5, 5.41) is 8.47. The standard InChI is InChI=1S/C27H38N6O4/c1-5-9-20(12-13-23(28)34)31-25(35)22(15-19-10-7-6-8-11-19)32-26(36)21(14-17(2)3)33-27(37)24-29-16-18(4)30-24/h5-11,16-17,20-22H,12-15H2,1-4H3,(H2,28,34)(H,29,30)(H,31,35)(H,32,36)(H,33,37)/b9-5+. The van der Waals surface area contributed by atoms with Gasteiger partial charge in [0.25, 0.3) is 5.91 Å². The monoisotopic (exact) mass is 510 g/mol. The van der Waals surface area contributed by atoms with E-state index < -0.39 is 41.8 Å². The van der Waals surface area contributed by atoms with Crippen LogP contribution in [0.25, 0.3) is 0 Å². The molecule has 0 saturated carbocycles. The number of aromatic nitrogens is 2. The van der Waals surface area contributed by atoms with E-state index in [0.29, 0.717) is 12.8 Å². The number of aryl methyl sites for hydroxylation is 1. The third kappa shape index (κ3) is 10.3. The Morgan fingerprint density at radius 1 is 1.03 bits per heavy atom. The van der Waals surface area contributed by atoms with Crippen LogP contribution in [-0.2, 0) is 20.8 Å². The van der Waals surface area contributed by atoms with Gasteiger partial charge in [-0.2, -0.15) is 0 Å². The van der Waals surface area contributed by atoms with E-state index in [1.807, 2.05) is 51.1 Å². The second-order valence-electron chi connectivity index (χ2n) is 9.47. The zero-order chi connectivity index (χ0) is 27.4. The molecule has 0 aliphatic carbocycles. The number of nitrogens with two attached hydrogens (primary N) is 1. The second-order valence-corrected chi connectivity index (χ2v) is 9.47. The lowest BCUT2D eigenvalue weighted by atomic mass is 10.0. The van der Waals surface area contributed by atoms with Gasteiger partial charge in [0.05, 0.1) is 0 Å². The van der Waals surface area contributed by atoms with Crippen molar-refractivity contribution >= 4 is 23.6 Å². The van der Waals surface area contributed by atoms with E-state index in [9.17, 15) is 19.2 Å². The fourth-order valence-electron chi connectivity index (χ4n) is 3.82. The van der Waals surface area contributed by atoms with E-state index in [1.54, 1.807) is 19.1 Å². The van der Waals surface area contributed by atoms with Gasteiger partial charge in [0.2, 0.25) is 17.7 Å². The van der Waals surface area contributed by atoms with Gasteiger partial charge < -0.3 is 26.7 Å². The lowest BCUT2D eigenvalue weighted by molar-refractivity contribution is -0.130. The highest BCUT2D eigenvalue weighted by molar-refractivity contribution is 5.96. The van der Waals surface area contributed by atoms with E-state index in [1.165, 1.54) is 6.20 Å². The molecular formula is C27H38N6O4. The number of carbonyl (C=O) groups is 4. The largest absolute Gasteiger partial charge is 0.370 e. The van der Waals surface area contributed by atoms with Crippen molar-refractivity contribution in [2.75, 3.05) is 0 Å². The van der Waals surface area contributed by atoms with Crippen LogP contribution in [0.3, 0.4) is 0 Å². The van der Waals surface area contributed by atoms with Crippen molar-refractivity contribution in [3.8, 4) is 0 Å². The molecule has 1 heterocycles. The number of amides is 4. The molecule has 2 aromatic rings. The molecule has 0 spiro atoms. The smallest absolute Gasteiger partial charge is 0.287 e. The van der Waals surface area contributed by atoms with Crippen molar-refractivity contribution in [3.63, 3.8) is 0 Å². The highest BCUT2D eigenvalue weighted by atomic mass is 16.2. The fourth-order valence-corrected chi connectivity index (χ4v) is 3.82. The molecule has 37 heavy (non-hydrogen) atoms. The number of imidazole rings is 1. The van der Waals surface area contributed by atoms with Gasteiger partial charge in [-0.1, -0.05) is 56.3 Å². The number of allylic oxidation sites excluding steroid dienone is 1. The first-order chi connectivity index (χ1) is 17.6. The van der Waals surface area contributed by atoms with Gasteiger partial charge in [0.15, 0.2) is 5.82 Å². The maximum atomic E-state index is 13.4. The molecule has 0 aliphatic heterocycles. The Bertz CT molecular complexity index is 1080. The van der Waals surface area contributed by atoms with Gasteiger partial charge >= 0.3 is 0 Å². The van der Waals surface area contributed by atoms with Crippen LogP contribution in [0.2, 0.25) is 0 Å². The minimum Gasteiger partial charge on any atom is -0.370 e. The average Bonchev–Trinajstić information content (AvgIpc) is 3.28. The summed E-state index contributed by atoms with van der Waals surface area (Å²) in [7, 11) is 0. The molecule has 0 radical (unpaired) electrons. The molecule has 6 N–H and O–H groups in total. The summed E-state index contributed by atoms with van der Waals surface area (Å²) in [5.74, 6) is -1.62. The Morgan fingerprint density at radius 3 is 2.27 bits per heavy atom. The number of primary amides is 1. The molecule has 2 rings (SSSR count). The van der Waals surface area contributed by atoms with Crippen LogP contribution in [0.1, 0.15) is 61.9 Å². The topological polar surface area (TPSA) is 159 Å². The van der Waals surface area contributed by atoms with Gasteiger partial charge in [-0.05, 0) is 38.2 Å². The minimum absolute atomic E-state index is 0.101. The number of hydrogen-bond donors (Lipinski definition) is 5. The number of benzene rings is 1. The molecule has 10 heteroatoms. The van der Waals surface area contributed by atoms with Gasteiger partial charge in [-0.3, -0.25) is 19.2 Å². The summed E-state index contributed by atoms with van der Waals surface area (Å²) in [4.78, 5) is 57.5. The summed E-state index contributed by atoms with van der Waals surface area (Å²) in [6.45, 7) is 7.47. The van der Waals surface area contributed by atoms with E-state index >= 15 is 0 Å². The number of hydrogen-bond acceptors (Lipinski definition) is 5. The van der Waals surface area contributed by atoms with Crippen LogP contribution in [0, 0.1) is 12.8 Å². The van der Waals surface area contributed by atoms with E-state index in [-0.39, 0.29) is 24.6 Å². The van der Waals surface area contributed by atoms with Crippen LogP contribution in [0.4, 0.5) is 0 Å². The molecule has 3 unspecified atom stereocenters. The SMILES string of the molecule is C/C=C/C(CCC(N)=O)NC(=O)C(Cc1ccccc1)NC(=O)C(CC(C)C)NC(=O)c1ncc(C)[nH]1. The average molecular weight is 511 g/mol. The van der Waals surface area contributed by atoms with E-state index in [4.69, 9.17) is 5.73 Å². The zero-order valence-corrected chi connectivity index (χ0v) is 21.9. The van der Waals surface area contributed by atoms with Crippen LogP contribution >= 0.6 is 0 Å². The van der Waals surface area contributed by atoms with E-state index in [2.05, 4.69) is 25.9 Å². The van der Waals surface area contributed by atoms with Crippen molar-refractivity contribution in [3.05, 3.63) is 65.8 Å². The molecule has 0 saturated heterocycles. The molecule has 1 aromatic carbocycles. The molecule has 0 fully saturated rings. The molecule has 0 aliphatic rings. The summed E-state index contributed by atoms with van der Waals surface area (Å²) in [6.07, 6.45) is 6.15. The summed E-state index contributed by atoms with van der Waals surface area (Å²) >= 11 is 0. The van der Waals surface area contributed by atoms with Gasteiger partial charge in [0.1, 0.15) is 12.1 Å².